The van der Waals surface area contributed by atoms with Crippen molar-refractivity contribution in [3.8, 4) is 0 Å². The maximum atomic E-state index is 12.4. The second-order valence-corrected chi connectivity index (χ2v) is 6.43. The number of hydrogen-bond acceptors (Lipinski definition) is 4. The first-order valence-electron chi connectivity index (χ1n) is 8.63. The zero-order valence-corrected chi connectivity index (χ0v) is 15.6. The first-order chi connectivity index (χ1) is 13.0. The summed E-state index contributed by atoms with van der Waals surface area (Å²) >= 11 is 0. The largest absolute Gasteiger partial charge is 0.464 e. The van der Waals surface area contributed by atoms with Crippen LogP contribution in [0.15, 0.2) is 47.1 Å². The number of benzene rings is 2. The molecule has 3 rings (SSSR count). The number of nitrogens with one attached hydrogen (secondary N) is 2. The SMILES string of the molecule is COCC(=O)Nc1ccc(NC(=O)Cc2coc3c(C)c(C)ccc23)cc1. The number of fused-ring (bicyclic) bond motifs is 1. The number of anilines is 2. The van der Waals surface area contributed by atoms with Gasteiger partial charge in [0.05, 0.1) is 12.7 Å². The molecule has 1 aromatic heterocycles. The minimum Gasteiger partial charge on any atom is -0.464 e. The molecule has 0 saturated heterocycles. The van der Waals surface area contributed by atoms with Crippen molar-refractivity contribution in [1.29, 1.82) is 0 Å². The highest BCUT2D eigenvalue weighted by Gasteiger charge is 2.13. The highest BCUT2D eigenvalue weighted by atomic mass is 16.5. The zero-order valence-electron chi connectivity index (χ0n) is 15.6. The Kier molecular flexibility index (Phi) is 5.57. The first-order valence-corrected chi connectivity index (χ1v) is 8.63. The molecule has 0 spiro atoms. The normalized spacial score (nSPS) is 10.8. The molecule has 0 saturated carbocycles. The molecule has 0 aliphatic heterocycles. The number of hydrogen-bond donors (Lipinski definition) is 2. The lowest BCUT2D eigenvalue weighted by Crippen LogP contribution is -2.17. The van der Waals surface area contributed by atoms with Gasteiger partial charge in [0.1, 0.15) is 12.2 Å². The van der Waals surface area contributed by atoms with Gasteiger partial charge in [-0.15, -0.1) is 0 Å². The van der Waals surface area contributed by atoms with Gasteiger partial charge in [-0.2, -0.15) is 0 Å². The molecule has 140 valence electrons. The number of amides is 2. The second kappa shape index (κ2) is 8.05. The molecule has 0 unspecified atom stereocenters. The number of aryl methyl sites for hydroxylation is 2. The Labute approximate surface area is 157 Å². The summed E-state index contributed by atoms with van der Waals surface area (Å²) in [4.78, 5) is 23.9. The van der Waals surface area contributed by atoms with Crippen molar-refractivity contribution >= 4 is 34.2 Å². The van der Waals surface area contributed by atoms with Crippen molar-refractivity contribution in [2.24, 2.45) is 0 Å². The van der Waals surface area contributed by atoms with Gasteiger partial charge in [-0.05, 0) is 49.2 Å². The van der Waals surface area contributed by atoms with Crippen molar-refractivity contribution in [3.05, 3.63) is 59.4 Å². The molecule has 0 radical (unpaired) electrons. The third-order valence-electron chi connectivity index (χ3n) is 4.42. The number of methoxy groups -OCH3 is 1. The third kappa shape index (κ3) is 4.35. The molecule has 6 heteroatoms. The van der Waals surface area contributed by atoms with E-state index in [9.17, 15) is 9.59 Å². The standard InChI is InChI=1S/C21H22N2O4/c1-13-4-9-18-15(11-27-21(18)14(13)2)10-19(24)22-16-5-7-17(8-6-16)23-20(25)12-26-3/h4-9,11H,10,12H2,1-3H3,(H,22,24)(H,23,25). The smallest absolute Gasteiger partial charge is 0.250 e. The van der Waals surface area contributed by atoms with Crippen LogP contribution in [0.5, 0.6) is 0 Å². The maximum Gasteiger partial charge on any atom is 0.250 e. The van der Waals surface area contributed by atoms with Crippen LogP contribution in [-0.2, 0) is 20.7 Å². The van der Waals surface area contributed by atoms with Crippen molar-refractivity contribution in [2.75, 3.05) is 24.4 Å². The van der Waals surface area contributed by atoms with E-state index >= 15 is 0 Å². The average Bonchev–Trinajstić information content (AvgIpc) is 3.03. The van der Waals surface area contributed by atoms with Gasteiger partial charge in [-0.25, -0.2) is 0 Å². The molecule has 0 atom stereocenters. The Hall–Kier alpha value is -3.12. The van der Waals surface area contributed by atoms with Gasteiger partial charge in [-0.1, -0.05) is 12.1 Å². The lowest BCUT2D eigenvalue weighted by atomic mass is 10.0. The van der Waals surface area contributed by atoms with Crippen LogP contribution in [0, 0.1) is 13.8 Å². The molecule has 2 amide bonds. The number of ether oxygens (including phenoxy) is 1. The van der Waals surface area contributed by atoms with E-state index in [-0.39, 0.29) is 24.8 Å². The summed E-state index contributed by atoms with van der Waals surface area (Å²) < 4.78 is 10.4. The van der Waals surface area contributed by atoms with Crippen LogP contribution in [-0.4, -0.2) is 25.5 Å². The molecule has 27 heavy (non-hydrogen) atoms. The predicted octanol–water partition coefficient (Wildman–Crippen LogP) is 3.82. The van der Waals surface area contributed by atoms with Gasteiger partial charge in [0, 0.05) is 29.4 Å². The van der Waals surface area contributed by atoms with E-state index in [1.165, 1.54) is 7.11 Å². The Morgan fingerprint density at radius 2 is 1.59 bits per heavy atom. The van der Waals surface area contributed by atoms with Crippen molar-refractivity contribution in [2.45, 2.75) is 20.3 Å². The minimum atomic E-state index is -0.230. The first kappa shape index (κ1) is 18.7. The number of furan rings is 1. The summed E-state index contributed by atoms with van der Waals surface area (Å²) in [6.07, 6.45) is 1.87. The van der Waals surface area contributed by atoms with Crippen molar-refractivity contribution in [3.63, 3.8) is 0 Å². The summed E-state index contributed by atoms with van der Waals surface area (Å²) in [6.45, 7) is 4.04. The Balaban J connectivity index is 1.64. The molecule has 2 N–H and O–H groups in total. The highest BCUT2D eigenvalue weighted by Crippen LogP contribution is 2.27. The molecule has 0 fully saturated rings. The fourth-order valence-corrected chi connectivity index (χ4v) is 2.87. The molecule has 2 aromatic carbocycles. The van der Waals surface area contributed by atoms with Gasteiger partial charge in [0.2, 0.25) is 11.8 Å². The molecule has 0 aliphatic carbocycles. The predicted molar refractivity (Wildman–Crippen MR) is 105 cm³/mol. The van der Waals surface area contributed by atoms with Crippen LogP contribution in [0.4, 0.5) is 11.4 Å². The number of carbonyl (C=O) groups is 2. The average molecular weight is 366 g/mol. The molecule has 1 heterocycles. The van der Waals surface area contributed by atoms with E-state index in [0.29, 0.717) is 11.4 Å². The summed E-state index contributed by atoms with van der Waals surface area (Å²) in [7, 11) is 1.46. The summed E-state index contributed by atoms with van der Waals surface area (Å²) in [6, 6.07) is 10.9. The topological polar surface area (TPSA) is 80.6 Å². The van der Waals surface area contributed by atoms with Crippen molar-refractivity contribution < 1.29 is 18.7 Å². The summed E-state index contributed by atoms with van der Waals surface area (Å²) in [5.74, 6) is -0.362. The van der Waals surface area contributed by atoms with Crippen LogP contribution in [0.25, 0.3) is 11.0 Å². The van der Waals surface area contributed by atoms with E-state index < -0.39 is 0 Å². The highest BCUT2D eigenvalue weighted by molar-refractivity contribution is 5.96. The lowest BCUT2D eigenvalue weighted by molar-refractivity contribution is -0.119. The number of carbonyl (C=O) groups excluding carboxylic acids is 2. The van der Waals surface area contributed by atoms with E-state index in [4.69, 9.17) is 9.15 Å². The quantitative estimate of drug-likeness (QED) is 0.695. The Bertz CT molecular complexity index is 974. The molecular weight excluding hydrogens is 344 g/mol. The minimum absolute atomic E-state index is 0.00383. The molecule has 3 aromatic rings. The van der Waals surface area contributed by atoms with Gasteiger partial charge in [-0.3, -0.25) is 9.59 Å². The summed E-state index contributed by atoms with van der Waals surface area (Å²) in [5, 5.41) is 6.52. The van der Waals surface area contributed by atoms with Crippen LogP contribution in [0.1, 0.15) is 16.7 Å². The van der Waals surface area contributed by atoms with E-state index in [0.717, 1.165) is 27.7 Å². The molecular formula is C21H22N2O4. The third-order valence-corrected chi connectivity index (χ3v) is 4.42. The van der Waals surface area contributed by atoms with Crippen LogP contribution in [0.3, 0.4) is 0 Å². The fraction of sp³-hybridized carbons (Fsp3) is 0.238. The van der Waals surface area contributed by atoms with Gasteiger partial charge in [0.25, 0.3) is 0 Å². The van der Waals surface area contributed by atoms with Gasteiger partial charge in [0.15, 0.2) is 0 Å². The van der Waals surface area contributed by atoms with Crippen LogP contribution < -0.4 is 10.6 Å². The summed E-state index contributed by atoms with van der Waals surface area (Å²) in [5.41, 5.74) is 5.23. The molecule has 0 aliphatic rings. The van der Waals surface area contributed by atoms with Gasteiger partial charge >= 0.3 is 0 Å². The molecule has 0 bridgehead atoms. The van der Waals surface area contributed by atoms with Gasteiger partial charge < -0.3 is 19.8 Å². The van der Waals surface area contributed by atoms with E-state index in [1.54, 1.807) is 30.5 Å². The maximum absolute atomic E-state index is 12.4. The fourth-order valence-electron chi connectivity index (χ4n) is 2.87. The van der Waals surface area contributed by atoms with Crippen molar-refractivity contribution in [1.82, 2.24) is 0 Å². The van der Waals surface area contributed by atoms with Crippen LogP contribution in [0.2, 0.25) is 0 Å². The Morgan fingerprint density at radius 1 is 0.963 bits per heavy atom. The second-order valence-electron chi connectivity index (χ2n) is 6.43. The number of rotatable bonds is 6. The van der Waals surface area contributed by atoms with E-state index in [1.807, 2.05) is 26.0 Å². The zero-order chi connectivity index (χ0) is 19.4. The monoisotopic (exact) mass is 366 g/mol. The molecule has 6 nitrogen and oxygen atoms in total. The van der Waals surface area contributed by atoms with E-state index in [2.05, 4.69) is 10.6 Å². The lowest BCUT2D eigenvalue weighted by Gasteiger charge is -2.07. The Morgan fingerprint density at radius 3 is 2.22 bits per heavy atom. The van der Waals surface area contributed by atoms with Crippen LogP contribution >= 0.6 is 0 Å².